The van der Waals surface area contributed by atoms with Crippen LogP contribution in [0.5, 0.6) is 0 Å². The van der Waals surface area contributed by atoms with Gasteiger partial charge in [-0.15, -0.1) is 0 Å². The van der Waals surface area contributed by atoms with Gasteiger partial charge < -0.3 is 4.42 Å². The summed E-state index contributed by atoms with van der Waals surface area (Å²) >= 11 is 1.21. The van der Waals surface area contributed by atoms with Crippen LogP contribution in [0.15, 0.2) is 70.2 Å². The van der Waals surface area contributed by atoms with Crippen molar-refractivity contribution in [1.82, 2.24) is 9.29 Å². The Morgan fingerprint density at radius 1 is 1.09 bits per heavy atom. The monoisotopic (exact) mass is 517 g/mol. The van der Waals surface area contributed by atoms with Gasteiger partial charge in [-0.1, -0.05) is 11.3 Å². The number of nitrogens with zero attached hydrogens (tertiary/aromatic N) is 3. The summed E-state index contributed by atoms with van der Waals surface area (Å²) in [4.78, 5) is 19.7. The van der Waals surface area contributed by atoms with E-state index in [9.17, 15) is 22.0 Å². The second-order valence-corrected chi connectivity index (χ2v) is 11.2. The maximum atomic E-state index is 13.7. The highest BCUT2D eigenvalue weighted by Gasteiger charge is 2.35. The van der Waals surface area contributed by atoms with Crippen LogP contribution in [-0.4, -0.2) is 36.7 Å². The average molecular weight is 518 g/mol. The van der Waals surface area contributed by atoms with Gasteiger partial charge in [-0.05, 0) is 67.4 Å². The van der Waals surface area contributed by atoms with Gasteiger partial charge in [0.1, 0.15) is 17.4 Å². The summed E-state index contributed by atoms with van der Waals surface area (Å²) in [5, 5.41) is 0.424. The van der Waals surface area contributed by atoms with Crippen LogP contribution in [0.25, 0.3) is 10.2 Å². The predicted molar refractivity (Wildman–Crippen MR) is 127 cm³/mol. The van der Waals surface area contributed by atoms with Crippen molar-refractivity contribution in [3.63, 3.8) is 0 Å². The number of thiazole rings is 1. The summed E-state index contributed by atoms with van der Waals surface area (Å²) in [5.41, 5.74) is 0.587. The summed E-state index contributed by atoms with van der Waals surface area (Å²) in [5.74, 6) is -0.943. The molecule has 3 heterocycles. The normalized spacial score (nSPS) is 15.5. The highest BCUT2D eigenvalue weighted by atomic mass is 32.2. The molecule has 0 bridgehead atoms. The highest BCUT2D eigenvalue weighted by Crippen LogP contribution is 2.33. The summed E-state index contributed by atoms with van der Waals surface area (Å²) in [6.07, 6.45) is 2.17. The SMILES string of the molecule is O=C(C1CCN(S(=O)(=O)c2ccc(F)cc2)CC1)N(Cc1ccco1)c1nc2ccc(F)cc2s1. The third kappa shape index (κ3) is 4.84. The minimum atomic E-state index is -3.78. The van der Waals surface area contributed by atoms with Crippen LogP contribution in [0, 0.1) is 17.6 Å². The number of piperidine rings is 1. The van der Waals surface area contributed by atoms with Crippen LogP contribution >= 0.6 is 11.3 Å². The lowest BCUT2D eigenvalue weighted by molar-refractivity contribution is -0.123. The predicted octanol–water partition coefficient (Wildman–Crippen LogP) is 4.80. The fraction of sp³-hybridized carbons (Fsp3) is 0.250. The second kappa shape index (κ2) is 9.48. The number of hydrogen-bond acceptors (Lipinski definition) is 6. The molecule has 1 fully saturated rings. The zero-order chi connectivity index (χ0) is 24.6. The Morgan fingerprint density at radius 2 is 1.80 bits per heavy atom. The van der Waals surface area contributed by atoms with Crippen molar-refractivity contribution in [2.45, 2.75) is 24.3 Å². The molecule has 11 heteroatoms. The first kappa shape index (κ1) is 23.6. The Morgan fingerprint density at radius 3 is 2.49 bits per heavy atom. The number of aromatic nitrogens is 1. The number of carbonyl (C=O) groups is 1. The van der Waals surface area contributed by atoms with E-state index >= 15 is 0 Å². The first-order valence-corrected chi connectivity index (χ1v) is 13.2. The van der Waals surface area contributed by atoms with Gasteiger partial charge in [-0.3, -0.25) is 9.69 Å². The van der Waals surface area contributed by atoms with Gasteiger partial charge >= 0.3 is 0 Å². The molecule has 5 rings (SSSR count). The molecule has 2 aromatic carbocycles. The Hall–Kier alpha value is -3.15. The van der Waals surface area contributed by atoms with E-state index in [4.69, 9.17) is 4.42 Å². The van der Waals surface area contributed by atoms with E-state index in [2.05, 4.69) is 4.98 Å². The molecule has 182 valence electrons. The lowest BCUT2D eigenvalue weighted by atomic mass is 9.96. The minimum absolute atomic E-state index is 0.0184. The molecular weight excluding hydrogens is 496 g/mol. The molecule has 0 unspecified atom stereocenters. The number of amides is 1. The number of benzene rings is 2. The van der Waals surface area contributed by atoms with Gasteiger partial charge in [0.2, 0.25) is 15.9 Å². The third-order valence-electron chi connectivity index (χ3n) is 5.98. The van der Waals surface area contributed by atoms with Crippen LogP contribution in [0.3, 0.4) is 0 Å². The van der Waals surface area contributed by atoms with Gasteiger partial charge in [0, 0.05) is 19.0 Å². The van der Waals surface area contributed by atoms with Gasteiger partial charge in [-0.25, -0.2) is 22.2 Å². The van der Waals surface area contributed by atoms with E-state index in [-0.39, 0.29) is 36.3 Å². The van der Waals surface area contributed by atoms with E-state index in [1.807, 2.05) is 0 Å². The van der Waals surface area contributed by atoms with Gasteiger partial charge in [0.15, 0.2) is 5.13 Å². The van der Waals surface area contributed by atoms with Crippen LogP contribution in [-0.2, 0) is 21.4 Å². The number of fused-ring (bicyclic) bond motifs is 1. The van der Waals surface area contributed by atoms with Crippen molar-refractivity contribution in [2.75, 3.05) is 18.0 Å². The van der Waals surface area contributed by atoms with Gasteiger partial charge in [0.25, 0.3) is 0 Å². The Bertz CT molecular complexity index is 1450. The summed E-state index contributed by atoms with van der Waals surface area (Å²) in [7, 11) is -3.78. The zero-order valence-electron chi connectivity index (χ0n) is 18.4. The van der Waals surface area contributed by atoms with Crippen molar-refractivity contribution in [3.8, 4) is 0 Å². The van der Waals surface area contributed by atoms with E-state index in [0.29, 0.717) is 34.0 Å². The number of rotatable bonds is 6. The number of anilines is 1. The van der Waals surface area contributed by atoms with Gasteiger partial charge in [-0.2, -0.15) is 4.31 Å². The maximum Gasteiger partial charge on any atom is 0.243 e. The lowest BCUT2D eigenvalue weighted by Crippen LogP contribution is -2.44. The van der Waals surface area contributed by atoms with Crippen molar-refractivity contribution in [2.24, 2.45) is 5.92 Å². The summed E-state index contributed by atoms with van der Waals surface area (Å²) < 4.78 is 60.1. The maximum absolute atomic E-state index is 13.7. The quantitative estimate of drug-likeness (QED) is 0.367. The molecule has 7 nitrogen and oxygen atoms in total. The topological polar surface area (TPSA) is 83.7 Å². The van der Waals surface area contributed by atoms with E-state index in [0.717, 1.165) is 12.1 Å². The number of furan rings is 1. The molecule has 0 atom stereocenters. The van der Waals surface area contributed by atoms with Crippen LogP contribution in [0.2, 0.25) is 0 Å². The van der Waals surface area contributed by atoms with Crippen molar-refractivity contribution in [1.29, 1.82) is 0 Å². The molecule has 0 aliphatic carbocycles. The van der Waals surface area contributed by atoms with E-state index in [1.54, 1.807) is 18.2 Å². The Balaban J connectivity index is 1.35. The van der Waals surface area contributed by atoms with Crippen LogP contribution < -0.4 is 4.90 Å². The van der Waals surface area contributed by atoms with Crippen molar-refractivity contribution in [3.05, 3.63) is 78.3 Å². The van der Waals surface area contributed by atoms with Gasteiger partial charge in [0.05, 0.1) is 27.9 Å². The molecule has 1 saturated heterocycles. The smallest absolute Gasteiger partial charge is 0.243 e. The van der Waals surface area contributed by atoms with Crippen molar-refractivity contribution < 1.29 is 26.4 Å². The number of hydrogen-bond donors (Lipinski definition) is 0. The lowest BCUT2D eigenvalue weighted by Gasteiger charge is -2.32. The Kier molecular flexibility index (Phi) is 6.39. The number of sulfonamides is 1. The van der Waals surface area contributed by atoms with E-state index < -0.39 is 21.8 Å². The molecule has 0 saturated carbocycles. The zero-order valence-corrected chi connectivity index (χ0v) is 20.1. The molecule has 1 aliphatic rings. The standard InChI is InChI=1S/C24H21F2N3O4S2/c25-17-3-6-20(7-4-17)35(31,32)28-11-9-16(10-12-28)23(30)29(15-19-2-1-13-33-19)24-27-21-8-5-18(26)14-22(21)34-24/h1-8,13-14,16H,9-12,15H2. The largest absolute Gasteiger partial charge is 0.467 e. The van der Waals surface area contributed by atoms with Crippen molar-refractivity contribution >= 4 is 42.6 Å². The second-order valence-electron chi connectivity index (χ2n) is 8.24. The molecule has 1 aliphatic heterocycles. The summed E-state index contributed by atoms with van der Waals surface area (Å²) in [6.45, 7) is 0.480. The molecular formula is C24H21F2N3O4S2. The first-order valence-electron chi connectivity index (χ1n) is 11.0. The Labute approximate surface area is 204 Å². The number of carbonyl (C=O) groups excluding carboxylic acids is 1. The molecule has 0 N–H and O–H groups in total. The molecule has 2 aromatic heterocycles. The highest BCUT2D eigenvalue weighted by molar-refractivity contribution is 7.89. The third-order valence-corrected chi connectivity index (χ3v) is 8.94. The molecule has 0 spiro atoms. The molecule has 35 heavy (non-hydrogen) atoms. The minimum Gasteiger partial charge on any atom is -0.467 e. The molecule has 1 amide bonds. The first-order chi connectivity index (χ1) is 16.8. The fourth-order valence-electron chi connectivity index (χ4n) is 4.12. The molecule has 4 aromatic rings. The van der Waals surface area contributed by atoms with Crippen LogP contribution in [0.4, 0.5) is 13.9 Å². The van der Waals surface area contributed by atoms with E-state index in [1.165, 1.54) is 51.1 Å². The number of halogens is 2. The van der Waals surface area contributed by atoms with Crippen LogP contribution in [0.1, 0.15) is 18.6 Å². The fourth-order valence-corrected chi connectivity index (χ4v) is 6.58. The summed E-state index contributed by atoms with van der Waals surface area (Å²) in [6, 6.07) is 12.5. The average Bonchev–Trinajstić information content (AvgIpc) is 3.52. The molecule has 0 radical (unpaired) electrons.